The van der Waals surface area contributed by atoms with Gasteiger partial charge < -0.3 is 14.8 Å². The largest absolute Gasteiger partial charge is 0.493 e. The number of carbonyl (C=O) groups excluding carboxylic acids is 1. The van der Waals surface area contributed by atoms with Crippen LogP contribution in [0.4, 0.5) is 0 Å². The lowest BCUT2D eigenvalue weighted by Crippen LogP contribution is -2.24. The zero-order chi connectivity index (χ0) is 19.8. The van der Waals surface area contributed by atoms with E-state index in [1.54, 1.807) is 26.4 Å². The maximum Gasteiger partial charge on any atom is 0.252 e. The van der Waals surface area contributed by atoms with Gasteiger partial charge in [-0.1, -0.05) is 38.1 Å². The van der Waals surface area contributed by atoms with Gasteiger partial charge in [-0.2, -0.15) is 0 Å². The van der Waals surface area contributed by atoms with Crippen molar-refractivity contribution in [1.82, 2.24) is 10.2 Å². The number of benzene rings is 2. The minimum Gasteiger partial charge on any atom is -0.493 e. The molecular formula is C21H27IN2O3. The first-order valence-corrected chi connectivity index (χ1v) is 10.1. The molecule has 0 spiro atoms. The molecule has 146 valence electrons. The molecule has 27 heavy (non-hydrogen) atoms. The molecule has 0 heterocycles. The third kappa shape index (κ3) is 5.84. The van der Waals surface area contributed by atoms with Crippen molar-refractivity contribution in [3.05, 3.63) is 56.7 Å². The predicted molar refractivity (Wildman–Crippen MR) is 117 cm³/mol. The van der Waals surface area contributed by atoms with E-state index in [-0.39, 0.29) is 5.91 Å². The molecule has 0 unspecified atom stereocenters. The summed E-state index contributed by atoms with van der Waals surface area (Å²) in [5.41, 5.74) is 2.93. The maximum atomic E-state index is 12.6. The quantitative estimate of drug-likeness (QED) is 0.548. The molecule has 0 saturated heterocycles. The molecule has 1 amide bonds. The average Bonchev–Trinajstić information content (AvgIpc) is 2.70. The normalized spacial score (nSPS) is 10.7. The Hall–Kier alpha value is -1.80. The third-order valence-electron chi connectivity index (χ3n) is 4.49. The Balaban J connectivity index is 2.01. The Bertz CT molecular complexity index is 759. The van der Waals surface area contributed by atoms with E-state index in [0.29, 0.717) is 23.6 Å². The average molecular weight is 482 g/mol. The summed E-state index contributed by atoms with van der Waals surface area (Å²) < 4.78 is 11.4. The smallest absolute Gasteiger partial charge is 0.252 e. The fraction of sp³-hybridized carbons (Fsp3) is 0.381. The van der Waals surface area contributed by atoms with Crippen LogP contribution in [-0.4, -0.2) is 38.1 Å². The van der Waals surface area contributed by atoms with Gasteiger partial charge in [0, 0.05) is 16.7 Å². The van der Waals surface area contributed by atoms with Gasteiger partial charge in [-0.25, -0.2) is 0 Å². The Morgan fingerprint density at radius 1 is 1.00 bits per heavy atom. The molecule has 0 radical (unpaired) electrons. The van der Waals surface area contributed by atoms with Crippen LogP contribution in [0.3, 0.4) is 0 Å². The van der Waals surface area contributed by atoms with Gasteiger partial charge in [-0.3, -0.25) is 9.69 Å². The zero-order valence-corrected chi connectivity index (χ0v) is 18.5. The molecule has 0 fully saturated rings. The van der Waals surface area contributed by atoms with Crippen LogP contribution in [0.25, 0.3) is 0 Å². The Morgan fingerprint density at radius 2 is 1.56 bits per heavy atom. The molecule has 6 heteroatoms. The van der Waals surface area contributed by atoms with E-state index < -0.39 is 0 Å². The molecule has 1 N–H and O–H groups in total. The van der Waals surface area contributed by atoms with Crippen LogP contribution in [0.1, 0.15) is 35.3 Å². The van der Waals surface area contributed by atoms with Crippen molar-refractivity contribution >= 4 is 28.5 Å². The summed E-state index contributed by atoms with van der Waals surface area (Å²) >= 11 is 2.13. The highest BCUT2D eigenvalue weighted by molar-refractivity contribution is 14.1. The number of hydrogen-bond donors (Lipinski definition) is 1. The lowest BCUT2D eigenvalue weighted by atomic mass is 10.1. The molecule has 0 bridgehead atoms. The van der Waals surface area contributed by atoms with Crippen LogP contribution >= 0.6 is 22.6 Å². The van der Waals surface area contributed by atoms with E-state index in [1.165, 1.54) is 5.56 Å². The van der Waals surface area contributed by atoms with Gasteiger partial charge in [0.15, 0.2) is 11.5 Å². The lowest BCUT2D eigenvalue weighted by molar-refractivity contribution is 0.0949. The maximum absolute atomic E-state index is 12.6. The van der Waals surface area contributed by atoms with E-state index in [9.17, 15) is 4.79 Å². The Labute approximate surface area is 175 Å². The third-order valence-corrected chi connectivity index (χ3v) is 5.39. The highest BCUT2D eigenvalue weighted by atomic mass is 127. The van der Waals surface area contributed by atoms with Gasteiger partial charge in [0.05, 0.1) is 19.8 Å². The fourth-order valence-corrected chi connectivity index (χ4v) is 3.46. The van der Waals surface area contributed by atoms with Gasteiger partial charge >= 0.3 is 0 Å². The summed E-state index contributed by atoms with van der Waals surface area (Å²) in [6, 6.07) is 11.9. The summed E-state index contributed by atoms with van der Waals surface area (Å²) in [6.45, 7) is 7.85. The second-order valence-electron chi connectivity index (χ2n) is 6.15. The van der Waals surface area contributed by atoms with Crippen molar-refractivity contribution < 1.29 is 14.3 Å². The molecule has 0 aliphatic heterocycles. The van der Waals surface area contributed by atoms with Crippen LogP contribution in [-0.2, 0) is 13.1 Å². The summed E-state index contributed by atoms with van der Waals surface area (Å²) in [5.74, 6) is 1.03. The Kier molecular flexibility index (Phi) is 8.37. The van der Waals surface area contributed by atoms with E-state index in [4.69, 9.17) is 9.47 Å². The number of nitrogens with zero attached hydrogens (tertiary/aromatic N) is 1. The summed E-state index contributed by atoms with van der Waals surface area (Å²) in [5, 5.41) is 2.98. The van der Waals surface area contributed by atoms with Crippen LogP contribution in [0.5, 0.6) is 11.5 Å². The van der Waals surface area contributed by atoms with Crippen LogP contribution in [0.2, 0.25) is 0 Å². The van der Waals surface area contributed by atoms with E-state index in [1.807, 2.05) is 0 Å². The van der Waals surface area contributed by atoms with Gasteiger partial charge in [-0.15, -0.1) is 0 Å². The highest BCUT2D eigenvalue weighted by Crippen LogP contribution is 2.31. The summed E-state index contributed by atoms with van der Waals surface area (Å²) in [6.07, 6.45) is 0. The monoisotopic (exact) mass is 482 g/mol. The first-order valence-electron chi connectivity index (χ1n) is 9.02. The standard InChI is InChI=1S/C21H27IN2O3/c1-5-24(6-2)14-16-9-7-15(8-10-16)13-23-21(25)17-11-19(26-3)20(27-4)12-18(17)22/h7-12H,5-6,13-14H2,1-4H3,(H,23,25). The molecule has 2 aromatic rings. The number of nitrogens with one attached hydrogen (secondary N) is 1. The highest BCUT2D eigenvalue weighted by Gasteiger charge is 2.15. The van der Waals surface area contributed by atoms with Crippen molar-refractivity contribution in [3.8, 4) is 11.5 Å². The van der Waals surface area contributed by atoms with E-state index in [2.05, 4.69) is 70.9 Å². The van der Waals surface area contributed by atoms with Crippen LogP contribution in [0.15, 0.2) is 36.4 Å². The molecule has 2 rings (SSSR count). The molecule has 2 aromatic carbocycles. The molecule has 0 aliphatic carbocycles. The van der Waals surface area contributed by atoms with Gasteiger partial charge in [0.2, 0.25) is 0 Å². The number of amides is 1. The molecule has 0 saturated carbocycles. The SMILES string of the molecule is CCN(CC)Cc1ccc(CNC(=O)c2cc(OC)c(OC)cc2I)cc1. The first kappa shape index (κ1) is 21.5. The topological polar surface area (TPSA) is 50.8 Å². The zero-order valence-electron chi connectivity index (χ0n) is 16.3. The van der Waals surface area contributed by atoms with Crippen molar-refractivity contribution in [2.24, 2.45) is 0 Å². The number of hydrogen-bond acceptors (Lipinski definition) is 4. The van der Waals surface area contributed by atoms with Crippen molar-refractivity contribution in [2.75, 3.05) is 27.3 Å². The van der Waals surface area contributed by atoms with E-state index >= 15 is 0 Å². The van der Waals surface area contributed by atoms with Crippen LogP contribution in [0, 0.1) is 3.57 Å². The van der Waals surface area contributed by atoms with Crippen molar-refractivity contribution in [3.63, 3.8) is 0 Å². The number of ether oxygens (including phenoxy) is 2. The lowest BCUT2D eigenvalue weighted by Gasteiger charge is -2.18. The Morgan fingerprint density at radius 3 is 2.11 bits per heavy atom. The summed E-state index contributed by atoms with van der Waals surface area (Å²) in [7, 11) is 3.14. The molecule has 0 atom stereocenters. The number of rotatable bonds is 9. The molecular weight excluding hydrogens is 455 g/mol. The van der Waals surface area contributed by atoms with Crippen molar-refractivity contribution in [1.29, 1.82) is 0 Å². The number of methoxy groups -OCH3 is 2. The van der Waals surface area contributed by atoms with Gasteiger partial charge in [-0.05, 0) is 58.9 Å². The predicted octanol–water partition coefficient (Wildman–Crippen LogP) is 4.08. The van der Waals surface area contributed by atoms with Crippen molar-refractivity contribution in [2.45, 2.75) is 26.9 Å². The van der Waals surface area contributed by atoms with Gasteiger partial charge in [0.1, 0.15) is 0 Å². The second-order valence-corrected chi connectivity index (χ2v) is 7.31. The minimum absolute atomic E-state index is 0.132. The molecule has 0 aliphatic rings. The van der Waals surface area contributed by atoms with Crippen LogP contribution < -0.4 is 14.8 Å². The molecule has 0 aromatic heterocycles. The van der Waals surface area contributed by atoms with E-state index in [0.717, 1.165) is 28.8 Å². The second kappa shape index (κ2) is 10.5. The number of carbonyl (C=O) groups is 1. The van der Waals surface area contributed by atoms with Gasteiger partial charge in [0.25, 0.3) is 5.91 Å². The first-order chi connectivity index (χ1) is 13.0. The fourth-order valence-electron chi connectivity index (χ4n) is 2.77. The number of halogens is 1. The molecule has 5 nitrogen and oxygen atoms in total. The summed E-state index contributed by atoms with van der Waals surface area (Å²) in [4.78, 5) is 14.9. The minimum atomic E-state index is -0.132.